The Labute approximate surface area is 781 Å². The molecule has 0 saturated heterocycles. The van der Waals surface area contributed by atoms with Crippen LogP contribution >= 0.6 is 11.6 Å². The monoisotopic (exact) mass is 1790 g/mol. The number of aliphatic hydroxyl groups excluding tert-OH is 1. The predicted molar refractivity (Wildman–Crippen MR) is 489 cm³/mol. The van der Waals surface area contributed by atoms with E-state index in [1.54, 1.807) is 24.3 Å². The van der Waals surface area contributed by atoms with Crippen molar-refractivity contribution in [3.63, 3.8) is 0 Å². The van der Waals surface area contributed by atoms with Gasteiger partial charge in [-0.15, -0.1) is 0 Å². The fourth-order valence-corrected chi connectivity index (χ4v) is 16.4. The van der Waals surface area contributed by atoms with Crippen LogP contribution in [0.1, 0.15) is 129 Å². The summed E-state index contributed by atoms with van der Waals surface area (Å²) in [5, 5.41) is 12.2. The number of unbranched alkanes of at least 4 members (excludes halogenated alkanes) is 1. The Hall–Kier alpha value is -9.13. The van der Waals surface area contributed by atoms with Crippen LogP contribution in [-0.2, 0) is 66.7 Å². The van der Waals surface area contributed by atoms with Gasteiger partial charge in [-0.1, -0.05) is 128 Å². The Balaban J connectivity index is 0.000000295. The van der Waals surface area contributed by atoms with E-state index in [-0.39, 0.29) is 78.7 Å². The van der Waals surface area contributed by atoms with E-state index in [0.717, 1.165) is 148 Å². The summed E-state index contributed by atoms with van der Waals surface area (Å²) in [6, 6.07) is 69.1. The summed E-state index contributed by atoms with van der Waals surface area (Å²) in [7, 11) is -18.0. The molecule has 0 fully saturated rings. The third kappa shape index (κ3) is 29.2. The molecule has 0 unspecified atom stereocenters. The molecule has 27 heteroatoms. The second-order valence-electron chi connectivity index (χ2n) is 29.4. The van der Waals surface area contributed by atoms with Gasteiger partial charge in [0, 0.05) is 102 Å². The maximum absolute atomic E-state index is 11.8. The van der Waals surface area contributed by atoms with Crippen LogP contribution in [0.2, 0.25) is 5.02 Å². The Morgan fingerprint density at radius 1 is 0.468 bits per heavy atom. The van der Waals surface area contributed by atoms with Crippen molar-refractivity contribution in [2.24, 2.45) is 0 Å². The Morgan fingerprint density at radius 2 is 0.847 bits per heavy atom. The van der Waals surface area contributed by atoms with Crippen molar-refractivity contribution in [2.75, 3.05) is 60.2 Å². The summed E-state index contributed by atoms with van der Waals surface area (Å²) in [5.41, 5.74) is 28.6. The Morgan fingerprint density at radius 3 is 1.19 bits per heavy atom. The standard InChI is InChI=1S/C47H49N3O7S2.C39H39ClN2O6S2.C7H9N.C4H10O.2Na/c1-6-49(31-35-11-9-13-43(29-35)58(51,52)53)40-21-25-45(33(4)27-40)47(37-15-17-38(18-16-37)48-39-19-23-42(24-20-39)57-8-3)46-26-22-41(28-34(46)5)50(7-2)32-36-12-10-14-44(30-36)59(54,55)56;1-5-41(25-29-9-7-11-35(23-29)49(43,44)45)33-17-19-37(27(3)21-33)39(31-13-15-32(40)16-14-31)38-20-18-34(22-28(38)4)42(6-2)26-30-10-8-12-36(24-30)50(46,47)48;1-6-2-4-7(8)5-3-6;1-2-3-4-5;;/h9-30H,6-8,31-32H2,1-5H3,(H2,51,52,53,54,55,56);7-24H,5-6,25-26H2,1-4H3,(H-,43,44,45,46,47,48);2-5H,8H2,1H3;5H,2-4H2,1H3;;/q;;;;2*+1/p-1. The molecule has 0 bridgehead atoms. The van der Waals surface area contributed by atoms with Crippen LogP contribution in [0.3, 0.4) is 0 Å². The van der Waals surface area contributed by atoms with Gasteiger partial charge in [0.25, 0.3) is 10.1 Å². The minimum Gasteiger partial charge on any atom is -0.744 e. The first-order chi connectivity index (χ1) is 58.0. The summed E-state index contributed by atoms with van der Waals surface area (Å²) < 4.78 is 148. The molecule has 2 aliphatic carbocycles. The molecule has 0 amide bonds. The van der Waals surface area contributed by atoms with Crippen LogP contribution in [0.25, 0.3) is 11.1 Å². The molecule has 10 aromatic carbocycles. The van der Waals surface area contributed by atoms with Crippen molar-refractivity contribution in [3.8, 4) is 5.75 Å². The van der Waals surface area contributed by atoms with Crippen molar-refractivity contribution in [1.29, 1.82) is 0 Å². The number of rotatable bonds is 28. The van der Waals surface area contributed by atoms with E-state index in [2.05, 4.69) is 156 Å². The predicted octanol–water partition coefficient (Wildman–Crippen LogP) is 13.1. The summed E-state index contributed by atoms with van der Waals surface area (Å²) in [5.74, 6) is 0.815. The number of nitrogens with one attached hydrogen (secondary N) is 1. The molecule has 0 aliphatic heterocycles. The molecule has 12 rings (SSSR count). The zero-order chi connectivity index (χ0) is 88.6. The number of anilines is 5. The minimum atomic E-state index is -4.57. The number of aliphatic hydroxyl groups is 1. The van der Waals surface area contributed by atoms with Crippen LogP contribution in [0.15, 0.2) is 309 Å². The van der Waals surface area contributed by atoms with Crippen molar-refractivity contribution in [1.82, 2.24) is 0 Å². The van der Waals surface area contributed by atoms with Crippen LogP contribution in [0.4, 0.5) is 28.4 Å². The van der Waals surface area contributed by atoms with Crippen molar-refractivity contribution < 1.29 is 130 Å². The molecule has 5 N–H and O–H groups in total. The van der Waals surface area contributed by atoms with Gasteiger partial charge < -0.3 is 44.4 Å². The molecular formula is C97H106ClN6Na2O14S4+. The quantitative estimate of drug-likeness (QED) is 0.0153. The molecule has 10 aromatic rings. The zero-order valence-corrected chi connectivity index (χ0v) is 80.6. The summed E-state index contributed by atoms with van der Waals surface area (Å²) in [6.45, 7) is 27.8. The number of nitrogen functional groups attached to an aromatic ring is 1. The maximum atomic E-state index is 11.8. The van der Waals surface area contributed by atoms with Crippen LogP contribution in [0, 0.1) is 20.8 Å². The number of benzene rings is 10. The van der Waals surface area contributed by atoms with Gasteiger partial charge in [-0.25, -0.2) is 34.4 Å². The van der Waals surface area contributed by atoms with Gasteiger partial charge >= 0.3 is 59.1 Å². The van der Waals surface area contributed by atoms with Crippen molar-refractivity contribution in [2.45, 2.75) is 135 Å². The molecule has 20 nitrogen and oxygen atoms in total. The number of nitrogens with zero attached hydrogens (tertiary/aromatic N) is 4. The molecule has 0 atom stereocenters. The second kappa shape index (κ2) is 47.4. The molecule has 640 valence electrons. The third-order valence-corrected chi connectivity index (χ3v) is 24.1. The Bertz CT molecular complexity index is 6110. The molecule has 124 heavy (non-hydrogen) atoms. The normalized spacial score (nSPS) is 14.2. The van der Waals surface area contributed by atoms with Gasteiger partial charge in [-0.3, -0.25) is 4.55 Å². The van der Waals surface area contributed by atoms with E-state index in [4.69, 9.17) is 27.2 Å². The summed E-state index contributed by atoms with van der Waals surface area (Å²) >= 11 is 6.29. The number of aryl methyl sites for hydroxylation is 3. The van der Waals surface area contributed by atoms with E-state index in [1.165, 1.54) is 54.1 Å². The number of ether oxygens (including phenoxy) is 1. The number of nitrogens with two attached hydrogens (primary N) is 1. The molecular weight excluding hydrogens is 1680 g/mol. The fraction of sp³-hybridized carbons (Fsp3) is 0.237. The minimum absolute atomic E-state index is 0. The van der Waals surface area contributed by atoms with Gasteiger partial charge in [0.2, 0.25) is 0 Å². The van der Waals surface area contributed by atoms with Crippen LogP contribution in [0.5, 0.6) is 5.75 Å². The summed E-state index contributed by atoms with van der Waals surface area (Å²) in [4.78, 5) is 3.40. The van der Waals surface area contributed by atoms with Crippen LogP contribution in [-0.4, -0.2) is 117 Å². The number of hydrogen-bond acceptors (Lipinski definition) is 17. The molecule has 0 aromatic heterocycles. The molecule has 0 heterocycles. The van der Waals surface area contributed by atoms with E-state index in [0.29, 0.717) is 70.6 Å². The van der Waals surface area contributed by atoms with E-state index in [9.17, 15) is 51.9 Å². The average Bonchev–Trinajstić information content (AvgIpc) is 0.779. The first-order valence-corrected chi connectivity index (χ1v) is 46.3. The molecule has 0 saturated carbocycles. The average molecular weight is 1790 g/mol. The third-order valence-electron chi connectivity index (χ3n) is 20.5. The van der Waals surface area contributed by atoms with E-state index < -0.39 is 40.5 Å². The fourth-order valence-electron chi connectivity index (χ4n) is 14.1. The van der Waals surface area contributed by atoms with Crippen molar-refractivity contribution >= 4 is 103 Å². The van der Waals surface area contributed by atoms with Gasteiger partial charge in [-0.05, 0) is 299 Å². The number of allylic oxidation sites excluding steroid dienone is 10. The van der Waals surface area contributed by atoms with E-state index >= 15 is 0 Å². The van der Waals surface area contributed by atoms with Gasteiger partial charge in [-0.2, -0.15) is 8.42 Å². The van der Waals surface area contributed by atoms with Crippen molar-refractivity contribution in [3.05, 3.63) is 355 Å². The van der Waals surface area contributed by atoms with Gasteiger partial charge in [0.1, 0.15) is 49.2 Å². The van der Waals surface area contributed by atoms with Gasteiger partial charge in [0.05, 0.1) is 26.2 Å². The number of hydrogen-bond donors (Lipinski definition) is 4. The number of halogens is 1. The van der Waals surface area contributed by atoms with Crippen LogP contribution < -0.4 is 84.7 Å². The molecule has 0 radical (unpaired) electrons. The van der Waals surface area contributed by atoms with Gasteiger partial charge in [0.15, 0.2) is 24.5 Å². The topological polar surface area (TPSA) is 306 Å². The largest absolute Gasteiger partial charge is 1.00 e. The first kappa shape index (κ1) is 102. The first-order valence-electron chi connectivity index (χ1n) is 40.2. The smallest absolute Gasteiger partial charge is 0.744 e. The Kier molecular flexibility index (Phi) is 39.0. The maximum Gasteiger partial charge on any atom is 1.00 e. The SMILES string of the molecule is CCCCO.CCN(Cc1cccc(S(=O)(=O)[O-])c1)c1ccc(/C(=C2\C=CC(=[N+](CC)Cc3cccc(S(=O)(=O)[O-])c3)C=C2C)c2ccc(Cl)cc2)c(C)c1.CCOc1ccc(Nc2ccc(/C(=C3/C=CC(=[N+](CC)Cc4cccc(S(=O)(=O)O)c4)C=C3C)c3ccc(N(CC)Cc4cccc(S(=O)(=O)[O-])c4)cc3C)cc2)cc1.Cc1ccc(N)cc1.[Na+].[Na+]. The van der Waals surface area contributed by atoms with E-state index in [1.807, 2.05) is 139 Å². The second-order valence-corrected chi connectivity index (χ2v) is 35.4. The summed E-state index contributed by atoms with van der Waals surface area (Å²) in [6.07, 6.45) is 14.7. The molecule has 2 aliphatic rings. The molecule has 0 spiro atoms. The zero-order valence-electron chi connectivity index (χ0n) is 72.6.